The lowest BCUT2D eigenvalue weighted by molar-refractivity contribution is -0.132. The summed E-state index contributed by atoms with van der Waals surface area (Å²) in [5, 5.41) is 46.1. The summed E-state index contributed by atoms with van der Waals surface area (Å²) in [5.41, 5.74) is 3.58. The summed E-state index contributed by atoms with van der Waals surface area (Å²) < 4.78 is 5.24. The molecule has 0 saturated heterocycles. The number of phenols is 2. The molecule has 0 aliphatic carbocycles. The van der Waals surface area contributed by atoms with Gasteiger partial charge in [0.1, 0.15) is 23.4 Å². The van der Waals surface area contributed by atoms with E-state index in [-0.39, 0.29) is 11.5 Å². The number of carbonyl (C=O) groups is 2. The van der Waals surface area contributed by atoms with Crippen LogP contribution in [0.25, 0.3) is 23.5 Å². The molecule has 0 fully saturated rings. The molecule has 4 rings (SSSR count). The molecule has 0 radical (unpaired) electrons. The third kappa shape index (κ3) is 5.73. The van der Waals surface area contributed by atoms with Gasteiger partial charge >= 0.3 is 11.9 Å². The number of phenolic OH excluding ortho intramolecular Hbond substituents is 2. The average Bonchev–Trinajstić information content (AvgIpc) is 3.32. The van der Waals surface area contributed by atoms with Crippen LogP contribution in [0.4, 0.5) is 0 Å². The highest BCUT2D eigenvalue weighted by Crippen LogP contribution is 2.39. The Balaban J connectivity index is 1.84. The first-order chi connectivity index (χ1) is 17.7. The molecule has 0 amide bonds. The van der Waals surface area contributed by atoms with Gasteiger partial charge in [-0.3, -0.25) is 0 Å². The molecule has 3 aromatic carbocycles. The largest absolute Gasteiger partial charge is 0.507 e. The number of nitrogens with one attached hydrogen (secondary N) is 2. The summed E-state index contributed by atoms with van der Waals surface area (Å²) in [5.74, 6) is -1.66. The van der Waals surface area contributed by atoms with Crippen LogP contribution in [-0.4, -0.2) is 39.5 Å². The predicted octanol–water partition coefficient (Wildman–Crippen LogP) is 4.02. The molecule has 0 unspecified atom stereocenters. The molecule has 0 bridgehead atoms. The molecular weight excluding hydrogens is 476 g/mol. The maximum Gasteiger partial charge on any atom is 0.328 e. The van der Waals surface area contributed by atoms with Crippen molar-refractivity contribution < 1.29 is 34.8 Å². The van der Waals surface area contributed by atoms with Gasteiger partial charge in [-0.15, -0.1) is 0 Å². The van der Waals surface area contributed by atoms with Crippen LogP contribution in [-0.2, 0) is 9.59 Å². The molecule has 1 heterocycles. The zero-order valence-corrected chi connectivity index (χ0v) is 19.7. The first-order valence-electron chi connectivity index (χ1n) is 11.1. The highest BCUT2D eigenvalue weighted by atomic mass is 16.5. The lowest BCUT2D eigenvalue weighted by Gasteiger charge is -2.16. The number of hydrogen-bond acceptors (Lipinski definition) is 7. The van der Waals surface area contributed by atoms with E-state index in [4.69, 9.17) is 14.9 Å². The molecule has 0 atom stereocenters. The van der Waals surface area contributed by atoms with E-state index in [0.717, 1.165) is 17.7 Å². The van der Waals surface area contributed by atoms with Crippen molar-refractivity contribution >= 4 is 35.5 Å². The van der Waals surface area contributed by atoms with Gasteiger partial charge in [-0.2, -0.15) is 0 Å². The number of rotatable bonds is 8. The van der Waals surface area contributed by atoms with Gasteiger partial charge in [0.25, 0.3) is 0 Å². The normalized spacial score (nSPS) is 13.6. The summed E-state index contributed by atoms with van der Waals surface area (Å²) in [6, 6.07) is 16.7. The second-order valence-corrected chi connectivity index (χ2v) is 8.14. The molecule has 1 aliphatic heterocycles. The molecule has 0 saturated carbocycles. The highest BCUT2D eigenvalue weighted by Gasteiger charge is 2.29. The molecule has 37 heavy (non-hydrogen) atoms. The summed E-state index contributed by atoms with van der Waals surface area (Å²) in [7, 11) is 1.57. The van der Waals surface area contributed by atoms with Gasteiger partial charge < -0.3 is 35.8 Å². The highest BCUT2D eigenvalue weighted by molar-refractivity contribution is 5.95. The van der Waals surface area contributed by atoms with Crippen LogP contribution in [0.2, 0.25) is 0 Å². The van der Waals surface area contributed by atoms with Crippen molar-refractivity contribution in [3.8, 4) is 17.2 Å². The molecule has 6 N–H and O–H groups in total. The molecule has 1 aliphatic rings. The van der Waals surface area contributed by atoms with E-state index in [2.05, 4.69) is 10.6 Å². The van der Waals surface area contributed by atoms with Gasteiger partial charge in [0, 0.05) is 23.3 Å². The molecular formula is C28H24N2O7. The lowest BCUT2D eigenvalue weighted by atomic mass is 10.0. The lowest BCUT2D eigenvalue weighted by Crippen LogP contribution is -2.23. The van der Waals surface area contributed by atoms with Gasteiger partial charge in [0.05, 0.1) is 18.5 Å². The number of hydrogen-bond donors (Lipinski definition) is 6. The van der Waals surface area contributed by atoms with Crippen LogP contribution >= 0.6 is 0 Å². The predicted molar refractivity (Wildman–Crippen MR) is 138 cm³/mol. The second kappa shape index (κ2) is 10.6. The number of methoxy groups -OCH3 is 1. The van der Waals surface area contributed by atoms with Crippen LogP contribution in [0, 0.1) is 0 Å². The topological polar surface area (TPSA) is 148 Å². The van der Waals surface area contributed by atoms with Crippen molar-refractivity contribution in [3.05, 3.63) is 101 Å². The van der Waals surface area contributed by atoms with Gasteiger partial charge in [0.15, 0.2) is 0 Å². The average molecular weight is 501 g/mol. The van der Waals surface area contributed by atoms with Crippen LogP contribution in [0.1, 0.15) is 34.0 Å². The Kier molecular flexibility index (Phi) is 7.15. The molecule has 9 nitrogen and oxygen atoms in total. The number of benzene rings is 3. The van der Waals surface area contributed by atoms with E-state index in [1.807, 2.05) is 12.1 Å². The van der Waals surface area contributed by atoms with Crippen LogP contribution in [0.3, 0.4) is 0 Å². The zero-order chi connectivity index (χ0) is 26.5. The fraction of sp³-hybridized carbons (Fsp3) is 0.0714. The number of ether oxygens (including phenoxy) is 1. The van der Waals surface area contributed by atoms with E-state index in [9.17, 15) is 19.8 Å². The first kappa shape index (κ1) is 24.9. The first-order valence-corrected chi connectivity index (χ1v) is 11.1. The quantitative estimate of drug-likeness (QED) is 0.252. The summed E-state index contributed by atoms with van der Waals surface area (Å²) >= 11 is 0. The Morgan fingerprint density at radius 2 is 1.22 bits per heavy atom. The number of aromatic hydroxyl groups is 2. The Labute approximate surface area is 212 Å². The Morgan fingerprint density at radius 3 is 1.62 bits per heavy atom. The van der Waals surface area contributed by atoms with Gasteiger partial charge in [0.2, 0.25) is 0 Å². The minimum Gasteiger partial charge on any atom is -0.507 e. The van der Waals surface area contributed by atoms with Gasteiger partial charge in [-0.25, -0.2) is 9.59 Å². The van der Waals surface area contributed by atoms with E-state index in [1.165, 1.54) is 24.3 Å². The van der Waals surface area contributed by atoms with Crippen LogP contribution in [0.5, 0.6) is 17.2 Å². The van der Waals surface area contributed by atoms with E-state index < -0.39 is 18.1 Å². The maximum absolute atomic E-state index is 11.0. The van der Waals surface area contributed by atoms with Crippen molar-refractivity contribution in [2.24, 2.45) is 0 Å². The number of aliphatic carboxylic acids is 2. The van der Waals surface area contributed by atoms with Crippen molar-refractivity contribution in [3.63, 3.8) is 0 Å². The van der Waals surface area contributed by atoms with Crippen LogP contribution in [0.15, 0.2) is 72.8 Å². The van der Waals surface area contributed by atoms with Gasteiger partial charge in [-0.05, 0) is 65.2 Å². The van der Waals surface area contributed by atoms with Gasteiger partial charge in [-0.1, -0.05) is 24.3 Å². The fourth-order valence-electron chi connectivity index (χ4n) is 3.91. The van der Waals surface area contributed by atoms with E-state index in [1.54, 1.807) is 43.5 Å². The zero-order valence-electron chi connectivity index (χ0n) is 19.7. The SMILES string of the molecule is COc1ccc(C2NC(c3cc(/C=C/C(=O)O)ccc3O)=C(c3cc(/C=C/C(=O)O)ccc3O)N2)cc1. The Morgan fingerprint density at radius 1 is 0.757 bits per heavy atom. The molecule has 3 aromatic rings. The van der Waals surface area contributed by atoms with Crippen molar-refractivity contribution in [2.75, 3.05) is 7.11 Å². The second-order valence-electron chi connectivity index (χ2n) is 8.14. The molecule has 9 heteroatoms. The van der Waals surface area contributed by atoms with Crippen molar-refractivity contribution in [1.29, 1.82) is 0 Å². The van der Waals surface area contributed by atoms with E-state index >= 15 is 0 Å². The third-order valence-electron chi connectivity index (χ3n) is 5.69. The number of carboxylic acid groups (broad SMARTS) is 2. The number of carboxylic acids is 2. The maximum atomic E-state index is 11.0. The Hall–Kier alpha value is -5.18. The molecule has 188 valence electrons. The third-order valence-corrected chi connectivity index (χ3v) is 5.69. The summed E-state index contributed by atoms with van der Waals surface area (Å²) in [6.45, 7) is 0. The standard InChI is InChI=1S/C28H24N2O7/c1-37-19-8-6-18(7-9-19)28-29-26(20-14-16(2-10-22(20)31)4-12-24(33)34)27(30-28)21-15-17(3-11-23(21)32)5-13-25(35)36/h2-15,28-32H,1H3,(H,33,34)(H,35,36)/b12-4+,13-5+. The molecule has 0 aromatic heterocycles. The summed E-state index contributed by atoms with van der Waals surface area (Å²) in [6.07, 6.45) is 4.35. The minimum atomic E-state index is -1.11. The van der Waals surface area contributed by atoms with Crippen molar-refractivity contribution in [2.45, 2.75) is 6.17 Å². The monoisotopic (exact) mass is 500 g/mol. The fourth-order valence-corrected chi connectivity index (χ4v) is 3.91. The van der Waals surface area contributed by atoms with E-state index in [0.29, 0.717) is 39.4 Å². The van der Waals surface area contributed by atoms with Crippen molar-refractivity contribution in [1.82, 2.24) is 10.6 Å². The smallest absolute Gasteiger partial charge is 0.328 e. The Bertz CT molecular complexity index is 1350. The molecule has 0 spiro atoms. The minimum absolute atomic E-state index is 0.0638. The summed E-state index contributed by atoms with van der Waals surface area (Å²) in [4.78, 5) is 22.0. The van der Waals surface area contributed by atoms with Crippen LogP contribution < -0.4 is 15.4 Å².